The highest BCUT2D eigenvalue weighted by molar-refractivity contribution is 6.02. The molecule has 1 aliphatic heterocycles. The Balaban J connectivity index is 1.92. The Labute approximate surface area is 114 Å². The number of ether oxygens (including phenoxy) is 1. The van der Waals surface area contributed by atoms with Crippen molar-refractivity contribution in [2.45, 2.75) is 6.04 Å². The van der Waals surface area contributed by atoms with Gasteiger partial charge in [-0.2, -0.15) is 0 Å². The van der Waals surface area contributed by atoms with Crippen LogP contribution in [-0.4, -0.2) is 37.7 Å². The molecular weight excluding hydrogens is 264 g/mol. The lowest BCUT2D eigenvalue weighted by molar-refractivity contribution is -0.122. The Kier molecular flexibility index (Phi) is 4.04. The van der Waals surface area contributed by atoms with Crippen LogP contribution in [0, 0.1) is 0 Å². The Hall–Kier alpha value is -2.77. The molecule has 1 saturated heterocycles. The summed E-state index contributed by atoms with van der Waals surface area (Å²) in [6, 6.07) is 4.87. The molecule has 4 N–H and O–H groups in total. The maximum Gasteiger partial charge on any atom is 0.321 e. The van der Waals surface area contributed by atoms with Crippen molar-refractivity contribution in [1.82, 2.24) is 16.0 Å². The van der Waals surface area contributed by atoms with Crippen LogP contribution in [0.25, 0.3) is 0 Å². The number of hydrogen-bond donors (Lipinski definition) is 4. The Bertz CT molecular complexity index is 546. The molecule has 0 spiro atoms. The Morgan fingerprint density at radius 3 is 2.90 bits per heavy atom. The number of hydrogen-bond acceptors (Lipinski definition) is 4. The Morgan fingerprint density at radius 1 is 1.40 bits per heavy atom. The molecule has 1 aliphatic rings. The molecule has 0 aliphatic carbocycles. The third-order valence-corrected chi connectivity index (χ3v) is 2.65. The van der Waals surface area contributed by atoms with Crippen LogP contribution in [-0.2, 0) is 4.79 Å². The lowest BCUT2D eigenvalue weighted by Crippen LogP contribution is -2.61. The quantitative estimate of drug-likeness (QED) is 0.625. The van der Waals surface area contributed by atoms with E-state index < -0.39 is 24.0 Å². The molecule has 20 heavy (non-hydrogen) atoms. The van der Waals surface area contributed by atoms with Gasteiger partial charge < -0.3 is 20.7 Å². The highest BCUT2D eigenvalue weighted by Gasteiger charge is 2.27. The minimum Gasteiger partial charge on any atom is -0.497 e. The first-order chi connectivity index (χ1) is 9.58. The molecule has 5 amide bonds. The number of rotatable bonds is 3. The number of methoxy groups -OCH3 is 1. The van der Waals surface area contributed by atoms with E-state index in [0.29, 0.717) is 11.4 Å². The molecule has 0 saturated carbocycles. The molecule has 0 aromatic heterocycles. The van der Waals surface area contributed by atoms with Crippen molar-refractivity contribution in [3.8, 4) is 5.75 Å². The van der Waals surface area contributed by atoms with Crippen LogP contribution < -0.4 is 26.0 Å². The van der Waals surface area contributed by atoms with Gasteiger partial charge in [0.15, 0.2) is 0 Å². The largest absolute Gasteiger partial charge is 0.497 e. The standard InChI is InChI=1S/C12H14N4O4/c1-20-8-4-2-3-7(5-8)14-12(19)15-9-6-13-11(18)16-10(9)17/h2-5,9H,6H2,1H3,(H2,14,15,19)(H2,13,16,17,18). The van der Waals surface area contributed by atoms with E-state index in [2.05, 4.69) is 21.3 Å². The fourth-order valence-corrected chi connectivity index (χ4v) is 1.67. The molecule has 1 unspecified atom stereocenters. The lowest BCUT2D eigenvalue weighted by atomic mass is 10.2. The van der Waals surface area contributed by atoms with Crippen LogP contribution in [0.2, 0.25) is 0 Å². The van der Waals surface area contributed by atoms with Gasteiger partial charge in [-0.25, -0.2) is 9.59 Å². The smallest absolute Gasteiger partial charge is 0.321 e. The van der Waals surface area contributed by atoms with Crippen molar-refractivity contribution < 1.29 is 19.1 Å². The molecule has 1 heterocycles. The first-order valence-electron chi connectivity index (χ1n) is 5.89. The number of nitrogens with one attached hydrogen (secondary N) is 4. The summed E-state index contributed by atoms with van der Waals surface area (Å²) < 4.78 is 5.03. The molecule has 106 valence electrons. The molecule has 0 bridgehead atoms. The number of imide groups is 1. The van der Waals surface area contributed by atoms with Crippen LogP contribution in [0.1, 0.15) is 0 Å². The summed E-state index contributed by atoms with van der Waals surface area (Å²) in [6.45, 7) is 0.0518. The fourth-order valence-electron chi connectivity index (χ4n) is 1.67. The predicted molar refractivity (Wildman–Crippen MR) is 70.5 cm³/mol. The summed E-state index contributed by atoms with van der Waals surface area (Å²) in [7, 11) is 1.52. The van der Waals surface area contributed by atoms with Gasteiger partial charge in [0, 0.05) is 18.3 Å². The third-order valence-electron chi connectivity index (χ3n) is 2.65. The van der Waals surface area contributed by atoms with Crippen LogP contribution in [0.3, 0.4) is 0 Å². The average molecular weight is 278 g/mol. The third kappa shape index (κ3) is 3.37. The zero-order chi connectivity index (χ0) is 14.5. The van der Waals surface area contributed by atoms with Crippen molar-refractivity contribution in [3.63, 3.8) is 0 Å². The summed E-state index contributed by atoms with van der Waals surface area (Å²) in [5, 5.41) is 9.51. The molecule has 1 aromatic rings. The summed E-state index contributed by atoms with van der Waals surface area (Å²) >= 11 is 0. The summed E-state index contributed by atoms with van der Waals surface area (Å²) in [6.07, 6.45) is 0. The van der Waals surface area contributed by atoms with Crippen molar-refractivity contribution in [3.05, 3.63) is 24.3 Å². The highest BCUT2D eigenvalue weighted by Crippen LogP contribution is 2.16. The maximum absolute atomic E-state index is 11.8. The van der Waals surface area contributed by atoms with Crippen LogP contribution in [0.4, 0.5) is 15.3 Å². The molecule has 8 nitrogen and oxygen atoms in total. The van der Waals surface area contributed by atoms with Gasteiger partial charge in [0.2, 0.25) is 0 Å². The second-order valence-electron chi connectivity index (χ2n) is 4.08. The number of benzene rings is 1. The molecule has 1 atom stereocenters. The van der Waals surface area contributed by atoms with Crippen molar-refractivity contribution in [2.24, 2.45) is 0 Å². The molecule has 2 rings (SSSR count). The summed E-state index contributed by atoms with van der Waals surface area (Å²) in [4.78, 5) is 34.1. The minimum atomic E-state index is -0.807. The molecule has 8 heteroatoms. The zero-order valence-electron chi connectivity index (χ0n) is 10.7. The van der Waals surface area contributed by atoms with E-state index in [9.17, 15) is 14.4 Å². The topological polar surface area (TPSA) is 109 Å². The SMILES string of the molecule is COc1cccc(NC(=O)NC2CNC(=O)NC2=O)c1. The van der Waals surface area contributed by atoms with Crippen molar-refractivity contribution in [1.29, 1.82) is 0 Å². The second-order valence-corrected chi connectivity index (χ2v) is 4.08. The maximum atomic E-state index is 11.8. The lowest BCUT2D eigenvalue weighted by Gasteiger charge is -2.23. The van der Waals surface area contributed by atoms with Gasteiger partial charge in [0.1, 0.15) is 11.8 Å². The molecule has 1 fully saturated rings. The van der Waals surface area contributed by atoms with E-state index in [-0.39, 0.29) is 6.54 Å². The second kappa shape index (κ2) is 5.91. The molecular formula is C12H14N4O4. The van der Waals surface area contributed by atoms with E-state index in [4.69, 9.17) is 4.74 Å². The molecule has 0 radical (unpaired) electrons. The van der Waals surface area contributed by atoms with Crippen LogP contribution >= 0.6 is 0 Å². The van der Waals surface area contributed by atoms with Gasteiger partial charge in [0.25, 0.3) is 5.91 Å². The van der Waals surface area contributed by atoms with E-state index in [1.807, 2.05) is 0 Å². The zero-order valence-corrected chi connectivity index (χ0v) is 10.7. The van der Waals surface area contributed by atoms with Crippen molar-refractivity contribution >= 4 is 23.7 Å². The minimum absolute atomic E-state index is 0.0518. The normalized spacial score (nSPS) is 17.8. The number of carbonyl (C=O) groups excluding carboxylic acids is 3. The fraction of sp³-hybridized carbons (Fsp3) is 0.250. The predicted octanol–water partition coefficient (Wildman–Crippen LogP) is 0.0247. The van der Waals surface area contributed by atoms with Crippen LogP contribution in [0.15, 0.2) is 24.3 Å². The van der Waals surface area contributed by atoms with Gasteiger partial charge in [0.05, 0.1) is 7.11 Å². The molecule has 1 aromatic carbocycles. The highest BCUT2D eigenvalue weighted by atomic mass is 16.5. The summed E-state index contributed by atoms with van der Waals surface area (Å²) in [5.74, 6) is 0.0556. The van der Waals surface area contributed by atoms with E-state index >= 15 is 0 Å². The van der Waals surface area contributed by atoms with E-state index in [1.165, 1.54) is 7.11 Å². The Morgan fingerprint density at radius 2 is 2.20 bits per heavy atom. The average Bonchev–Trinajstić information content (AvgIpc) is 2.42. The first kappa shape index (κ1) is 13.7. The van der Waals surface area contributed by atoms with Crippen molar-refractivity contribution in [2.75, 3.05) is 19.0 Å². The van der Waals surface area contributed by atoms with Gasteiger partial charge >= 0.3 is 12.1 Å². The van der Waals surface area contributed by atoms with Gasteiger partial charge in [-0.15, -0.1) is 0 Å². The van der Waals surface area contributed by atoms with Gasteiger partial charge in [-0.3, -0.25) is 10.1 Å². The monoisotopic (exact) mass is 278 g/mol. The number of urea groups is 2. The number of anilines is 1. The van der Waals surface area contributed by atoms with Gasteiger partial charge in [-0.05, 0) is 12.1 Å². The number of amides is 5. The van der Waals surface area contributed by atoms with E-state index in [0.717, 1.165) is 0 Å². The first-order valence-corrected chi connectivity index (χ1v) is 5.89. The summed E-state index contributed by atoms with van der Waals surface area (Å²) in [5.41, 5.74) is 0.530. The van der Waals surface area contributed by atoms with Gasteiger partial charge in [-0.1, -0.05) is 6.07 Å². The number of carbonyl (C=O) groups is 3. The van der Waals surface area contributed by atoms with Crippen LogP contribution in [0.5, 0.6) is 5.75 Å². The van der Waals surface area contributed by atoms with E-state index in [1.54, 1.807) is 24.3 Å².